The summed E-state index contributed by atoms with van der Waals surface area (Å²) in [6.45, 7) is 2.34. The van der Waals surface area contributed by atoms with Crippen LogP contribution in [-0.2, 0) is 19.3 Å². The van der Waals surface area contributed by atoms with Gasteiger partial charge in [0.05, 0.1) is 0 Å². The predicted molar refractivity (Wildman–Crippen MR) is 93.8 cm³/mol. The van der Waals surface area contributed by atoms with Crippen LogP contribution in [0.1, 0.15) is 62.1 Å². The average Bonchev–Trinajstić information content (AvgIpc) is 3.04. The standard InChI is InChI=1S/C21H24O3/c1-13-4-3-8-21(12-13)9-7-14-10-17-15-5-2-6-16(15)20(22)23-19(17)11-18(14)24-21/h10-11,13H,2-9,12H2,1H3/t13-,21+/m1/s1. The smallest absolute Gasteiger partial charge is 0.339 e. The summed E-state index contributed by atoms with van der Waals surface area (Å²) in [4.78, 5) is 12.2. The van der Waals surface area contributed by atoms with E-state index in [-0.39, 0.29) is 11.2 Å². The molecular formula is C21H24O3. The van der Waals surface area contributed by atoms with Crippen LogP contribution in [0.4, 0.5) is 0 Å². The molecule has 3 heteroatoms. The monoisotopic (exact) mass is 324 g/mol. The van der Waals surface area contributed by atoms with Gasteiger partial charge in [-0.15, -0.1) is 0 Å². The summed E-state index contributed by atoms with van der Waals surface area (Å²) in [7, 11) is 0. The summed E-state index contributed by atoms with van der Waals surface area (Å²) in [5.74, 6) is 1.69. The van der Waals surface area contributed by atoms with E-state index in [1.165, 1.54) is 24.0 Å². The van der Waals surface area contributed by atoms with Gasteiger partial charge in [-0.05, 0) is 74.5 Å². The van der Waals surface area contributed by atoms with Gasteiger partial charge in [0, 0.05) is 17.0 Å². The van der Waals surface area contributed by atoms with E-state index in [1.54, 1.807) is 0 Å². The number of fused-ring (bicyclic) bond motifs is 4. The zero-order chi connectivity index (χ0) is 16.3. The molecule has 0 N–H and O–H groups in total. The Hall–Kier alpha value is -1.77. The Kier molecular flexibility index (Phi) is 3.10. The fourth-order valence-corrected chi connectivity index (χ4v) is 5.22. The molecule has 0 unspecified atom stereocenters. The summed E-state index contributed by atoms with van der Waals surface area (Å²) in [6.07, 6.45) is 10.0. The molecule has 0 bridgehead atoms. The van der Waals surface area contributed by atoms with Gasteiger partial charge in [0.2, 0.25) is 0 Å². The Bertz CT molecular complexity index is 879. The molecule has 1 spiro atoms. The summed E-state index contributed by atoms with van der Waals surface area (Å²) in [6, 6.07) is 4.22. The van der Waals surface area contributed by atoms with E-state index in [9.17, 15) is 4.79 Å². The number of ether oxygens (including phenoxy) is 1. The van der Waals surface area contributed by atoms with Crippen molar-refractivity contribution in [1.29, 1.82) is 0 Å². The second-order valence-electron chi connectivity index (χ2n) is 8.14. The maximum atomic E-state index is 12.2. The average molecular weight is 324 g/mol. The predicted octanol–water partition coefficient (Wildman–Crippen LogP) is 4.56. The lowest BCUT2D eigenvalue weighted by Crippen LogP contribution is -2.43. The topological polar surface area (TPSA) is 39.4 Å². The minimum Gasteiger partial charge on any atom is -0.487 e. The molecule has 1 fully saturated rings. The summed E-state index contributed by atoms with van der Waals surface area (Å²) >= 11 is 0. The van der Waals surface area contributed by atoms with Crippen molar-refractivity contribution in [2.24, 2.45) is 5.92 Å². The third-order valence-electron chi connectivity index (χ3n) is 6.38. The Morgan fingerprint density at radius 3 is 2.83 bits per heavy atom. The van der Waals surface area contributed by atoms with Crippen molar-refractivity contribution < 1.29 is 9.15 Å². The van der Waals surface area contributed by atoms with E-state index in [2.05, 4.69) is 13.0 Å². The largest absolute Gasteiger partial charge is 0.487 e. The maximum absolute atomic E-state index is 12.2. The van der Waals surface area contributed by atoms with Crippen molar-refractivity contribution in [3.8, 4) is 5.75 Å². The zero-order valence-corrected chi connectivity index (χ0v) is 14.3. The molecule has 2 aliphatic carbocycles. The van der Waals surface area contributed by atoms with Crippen LogP contribution in [-0.4, -0.2) is 5.60 Å². The van der Waals surface area contributed by atoms with Crippen molar-refractivity contribution in [3.63, 3.8) is 0 Å². The van der Waals surface area contributed by atoms with E-state index in [4.69, 9.17) is 9.15 Å². The quantitative estimate of drug-likeness (QED) is 0.667. The highest BCUT2D eigenvalue weighted by atomic mass is 16.5. The number of rotatable bonds is 0. The molecular weight excluding hydrogens is 300 g/mol. The van der Waals surface area contributed by atoms with Gasteiger partial charge < -0.3 is 9.15 Å². The van der Waals surface area contributed by atoms with Gasteiger partial charge >= 0.3 is 5.63 Å². The molecule has 1 saturated carbocycles. The Morgan fingerprint density at radius 2 is 1.96 bits per heavy atom. The number of hydrogen-bond acceptors (Lipinski definition) is 3. The minimum atomic E-state index is -0.147. The lowest BCUT2D eigenvalue weighted by Gasteiger charge is -2.43. The van der Waals surface area contributed by atoms with Crippen LogP contribution >= 0.6 is 0 Å². The first-order valence-corrected chi connectivity index (χ1v) is 9.44. The first-order chi connectivity index (χ1) is 11.6. The SMILES string of the molecule is C[C@@H]1CCC[C@]2(CCc3cc4c5c(c(=O)oc4cc3O2)CCC5)C1. The molecule has 126 valence electrons. The molecule has 1 aromatic carbocycles. The van der Waals surface area contributed by atoms with Crippen LogP contribution in [0.2, 0.25) is 0 Å². The maximum Gasteiger partial charge on any atom is 0.339 e. The molecule has 2 aromatic rings. The van der Waals surface area contributed by atoms with Crippen LogP contribution in [0.15, 0.2) is 21.3 Å². The van der Waals surface area contributed by atoms with Crippen LogP contribution in [0, 0.1) is 5.92 Å². The summed E-state index contributed by atoms with van der Waals surface area (Å²) < 4.78 is 12.2. The Balaban J connectivity index is 1.61. The highest BCUT2D eigenvalue weighted by Gasteiger charge is 2.40. The van der Waals surface area contributed by atoms with E-state index in [1.807, 2.05) is 6.07 Å². The minimum absolute atomic E-state index is 0.00929. The van der Waals surface area contributed by atoms with Gasteiger partial charge in [-0.3, -0.25) is 0 Å². The van der Waals surface area contributed by atoms with E-state index in [0.29, 0.717) is 5.58 Å². The number of hydrogen-bond donors (Lipinski definition) is 0. The van der Waals surface area contributed by atoms with Crippen molar-refractivity contribution in [2.75, 3.05) is 0 Å². The van der Waals surface area contributed by atoms with Gasteiger partial charge in [0.15, 0.2) is 0 Å². The molecule has 24 heavy (non-hydrogen) atoms. The Labute approximate surface area is 142 Å². The first kappa shape index (κ1) is 14.6. The third-order valence-corrected chi connectivity index (χ3v) is 6.38. The molecule has 0 saturated heterocycles. The van der Waals surface area contributed by atoms with Crippen molar-refractivity contribution in [1.82, 2.24) is 0 Å². The molecule has 2 heterocycles. The van der Waals surface area contributed by atoms with Gasteiger partial charge in [-0.25, -0.2) is 4.79 Å². The molecule has 2 atom stereocenters. The highest BCUT2D eigenvalue weighted by molar-refractivity contribution is 5.84. The van der Waals surface area contributed by atoms with Gasteiger partial charge in [0.1, 0.15) is 16.9 Å². The lowest BCUT2D eigenvalue weighted by atomic mass is 9.74. The highest BCUT2D eigenvalue weighted by Crippen LogP contribution is 2.45. The van der Waals surface area contributed by atoms with E-state index in [0.717, 1.165) is 67.6 Å². The first-order valence-electron chi connectivity index (χ1n) is 9.44. The lowest BCUT2D eigenvalue weighted by molar-refractivity contribution is -0.00579. The summed E-state index contributed by atoms with van der Waals surface area (Å²) in [5, 5.41) is 1.14. The Morgan fingerprint density at radius 1 is 1.08 bits per heavy atom. The van der Waals surface area contributed by atoms with Gasteiger partial charge in [0.25, 0.3) is 0 Å². The number of benzene rings is 1. The molecule has 3 aliphatic rings. The van der Waals surface area contributed by atoms with Crippen LogP contribution < -0.4 is 10.4 Å². The molecule has 3 nitrogen and oxygen atoms in total. The zero-order valence-electron chi connectivity index (χ0n) is 14.3. The van der Waals surface area contributed by atoms with Gasteiger partial charge in [-0.2, -0.15) is 0 Å². The molecule has 5 rings (SSSR count). The van der Waals surface area contributed by atoms with E-state index >= 15 is 0 Å². The van der Waals surface area contributed by atoms with Crippen LogP contribution in [0.25, 0.3) is 11.0 Å². The second-order valence-corrected chi connectivity index (χ2v) is 8.14. The van der Waals surface area contributed by atoms with E-state index < -0.39 is 0 Å². The fraction of sp³-hybridized carbons (Fsp3) is 0.571. The normalized spacial score (nSPS) is 28.6. The van der Waals surface area contributed by atoms with Crippen molar-refractivity contribution >= 4 is 11.0 Å². The molecule has 0 radical (unpaired) electrons. The fourth-order valence-electron chi connectivity index (χ4n) is 5.22. The van der Waals surface area contributed by atoms with Crippen LogP contribution in [0.5, 0.6) is 5.75 Å². The summed E-state index contributed by atoms with van der Waals surface area (Å²) in [5.41, 5.74) is 3.98. The van der Waals surface area contributed by atoms with Crippen molar-refractivity contribution in [2.45, 2.75) is 70.3 Å². The molecule has 0 amide bonds. The number of aryl methyl sites for hydroxylation is 2. The second kappa shape index (κ2) is 5.11. The third kappa shape index (κ3) is 2.13. The molecule has 1 aliphatic heterocycles. The van der Waals surface area contributed by atoms with Crippen molar-refractivity contribution in [3.05, 3.63) is 39.2 Å². The molecule has 1 aromatic heterocycles. The van der Waals surface area contributed by atoms with Gasteiger partial charge in [-0.1, -0.05) is 13.3 Å². The van der Waals surface area contributed by atoms with Crippen LogP contribution in [0.3, 0.4) is 0 Å².